The van der Waals surface area contributed by atoms with E-state index in [2.05, 4.69) is 40.1 Å². The molecule has 1 amide bonds. The third-order valence-electron chi connectivity index (χ3n) is 5.11. The van der Waals surface area contributed by atoms with Gasteiger partial charge in [0.15, 0.2) is 0 Å². The Morgan fingerprint density at radius 1 is 1.28 bits per heavy atom. The molecule has 0 saturated carbocycles. The number of anilines is 2. The van der Waals surface area contributed by atoms with E-state index in [9.17, 15) is 4.79 Å². The van der Waals surface area contributed by atoms with Crippen LogP contribution < -0.4 is 10.2 Å². The number of likely N-dealkylation sites (tertiary alicyclic amines) is 1. The smallest absolute Gasteiger partial charge is 0.227 e. The maximum absolute atomic E-state index is 12.5. The number of morpholine rings is 1. The first-order valence-corrected chi connectivity index (χ1v) is 9.08. The second kappa shape index (κ2) is 8.37. The van der Waals surface area contributed by atoms with Crippen LogP contribution in [0.15, 0.2) is 24.3 Å². The van der Waals surface area contributed by atoms with Crippen LogP contribution in [0, 0.1) is 18.3 Å². The van der Waals surface area contributed by atoms with Crippen molar-refractivity contribution in [1.29, 1.82) is 0 Å². The van der Waals surface area contributed by atoms with Crippen molar-refractivity contribution in [3.63, 3.8) is 0 Å². The Morgan fingerprint density at radius 2 is 2.00 bits per heavy atom. The standard InChI is InChI=1S/C20H27N3O2/c1-3-10-22-11-8-17(9-12-22)20(24)21-18-4-6-19(7-5-18)23-13-14-25-15-16(23)2/h1,4-7,16-17H,8-15H2,2H3,(H,21,24)/t16-/m1/s1. The van der Waals surface area contributed by atoms with Gasteiger partial charge >= 0.3 is 0 Å². The quantitative estimate of drug-likeness (QED) is 0.853. The molecule has 0 radical (unpaired) electrons. The van der Waals surface area contributed by atoms with Crippen LogP contribution in [0.4, 0.5) is 11.4 Å². The number of ether oxygens (including phenoxy) is 1. The van der Waals surface area contributed by atoms with Crippen LogP contribution in [-0.2, 0) is 9.53 Å². The molecule has 1 aromatic rings. The summed E-state index contributed by atoms with van der Waals surface area (Å²) in [4.78, 5) is 17.0. The third kappa shape index (κ3) is 4.53. The summed E-state index contributed by atoms with van der Waals surface area (Å²) in [7, 11) is 0. The van der Waals surface area contributed by atoms with Crippen LogP contribution in [0.25, 0.3) is 0 Å². The van der Waals surface area contributed by atoms with E-state index in [0.29, 0.717) is 12.6 Å². The van der Waals surface area contributed by atoms with Gasteiger partial charge in [0, 0.05) is 29.9 Å². The minimum Gasteiger partial charge on any atom is -0.377 e. The Hall–Kier alpha value is -2.03. The summed E-state index contributed by atoms with van der Waals surface area (Å²) < 4.78 is 5.49. The van der Waals surface area contributed by atoms with Crippen molar-refractivity contribution < 1.29 is 9.53 Å². The molecular formula is C20H27N3O2. The zero-order chi connectivity index (χ0) is 17.6. The van der Waals surface area contributed by atoms with Crippen molar-refractivity contribution in [1.82, 2.24) is 4.90 Å². The van der Waals surface area contributed by atoms with Gasteiger partial charge in [-0.1, -0.05) is 5.92 Å². The van der Waals surface area contributed by atoms with Gasteiger partial charge in [0.2, 0.25) is 5.91 Å². The lowest BCUT2D eigenvalue weighted by molar-refractivity contribution is -0.121. The summed E-state index contributed by atoms with van der Waals surface area (Å²) in [5.41, 5.74) is 2.04. The number of piperidine rings is 1. The predicted octanol–water partition coefficient (Wildman–Crippen LogP) is 2.20. The molecule has 1 atom stereocenters. The molecule has 134 valence electrons. The fourth-order valence-corrected chi connectivity index (χ4v) is 3.57. The van der Waals surface area contributed by atoms with Crippen molar-refractivity contribution in [3.8, 4) is 12.3 Å². The lowest BCUT2D eigenvalue weighted by Gasteiger charge is -2.35. The zero-order valence-electron chi connectivity index (χ0n) is 14.9. The molecule has 2 heterocycles. The first-order valence-electron chi connectivity index (χ1n) is 9.08. The molecule has 3 rings (SSSR count). The molecule has 0 aromatic heterocycles. The fourth-order valence-electron chi connectivity index (χ4n) is 3.57. The van der Waals surface area contributed by atoms with Gasteiger partial charge in [-0.05, 0) is 57.1 Å². The third-order valence-corrected chi connectivity index (χ3v) is 5.11. The van der Waals surface area contributed by atoms with E-state index >= 15 is 0 Å². The van der Waals surface area contributed by atoms with Crippen molar-refractivity contribution in [3.05, 3.63) is 24.3 Å². The van der Waals surface area contributed by atoms with Gasteiger partial charge in [-0.2, -0.15) is 0 Å². The average molecular weight is 341 g/mol. The van der Waals surface area contributed by atoms with Crippen molar-refractivity contribution in [2.24, 2.45) is 5.92 Å². The summed E-state index contributed by atoms with van der Waals surface area (Å²) in [6.45, 7) is 7.07. The molecule has 2 aliphatic rings. The summed E-state index contributed by atoms with van der Waals surface area (Å²) in [5, 5.41) is 3.06. The molecule has 2 saturated heterocycles. The molecule has 5 nitrogen and oxygen atoms in total. The molecule has 0 spiro atoms. The fraction of sp³-hybridized carbons (Fsp3) is 0.550. The Balaban J connectivity index is 1.53. The van der Waals surface area contributed by atoms with E-state index < -0.39 is 0 Å². The number of carbonyl (C=O) groups is 1. The van der Waals surface area contributed by atoms with Crippen molar-refractivity contribution >= 4 is 17.3 Å². The van der Waals surface area contributed by atoms with Crippen LogP contribution in [-0.4, -0.2) is 56.2 Å². The van der Waals surface area contributed by atoms with Crippen molar-refractivity contribution in [2.75, 3.05) is 49.6 Å². The molecular weight excluding hydrogens is 314 g/mol. The number of hydrogen-bond donors (Lipinski definition) is 1. The van der Waals surface area contributed by atoms with E-state index in [1.54, 1.807) is 0 Å². The second-order valence-electron chi connectivity index (χ2n) is 6.91. The number of hydrogen-bond acceptors (Lipinski definition) is 4. The monoisotopic (exact) mass is 341 g/mol. The Bertz CT molecular complexity index is 615. The van der Waals surface area contributed by atoms with E-state index in [4.69, 9.17) is 11.2 Å². The lowest BCUT2D eigenvalue weighted by atomic mass is 9.96. The summed E-state index contributed by atoms with van der Waals surface area (Å²) in [5.74, 6) is 2.87. The number of nitrogens with one attached hydrogen (secondary N) is 1. The molecule has 2 fully saturated rings. The number of amides is 1. The number of benzene rings is 1. The molecule has 0 bridgehead atoms. The maximum Gasteiger partial charge on any atom is 0.227 e. The first kappa shape index (κ1) is 17.8. The number of terminal acetylenes is 1. The molecule has 1 N–H and O–H groups in total. The second-order valence-corrected chi connectivity index (χ2v) is 6.91. The molecule has 5 heteroatoms. The van der Waals surface area contributed by atoms with Gasteiger partial charge in [0.1, 0.15) is 0 Å². The first-order chi connectivity index (χ1) is 12.2. The molecule has 0 aliphatic carbocycles. The molecule has 2 aliphatic heterocycles. The molecule has 25 heavy (non-hydrogen) atoms. The topological polar surface area (TPSA) is 44.8 Å². The van der Waals surface area contributed by atoms with Gasteiger partial charge in [-0.25, -0.2) is 0 Å². The minimum absolute atomic E-state index is 0.0768. The molecule has 0 unspecified atom stereocenters. The number of carbonyl (C=O) groups excluding carboxylic acids is 1. The highest BCUT2D eigenvalue weighted by Gasteiger charge is 2.24. The Morgan fingerprint density at radius 3 is 2.64 bits per heavy atom. The lowest BCUT2D eigenvalue weighted by Crippen LogP contribution is -2.43. The summed E-state index contributed by atoms with van der Waals surface area (Å²) in [6, 6.07) is 8.51. The summed E-state index contributed by atoms with van der Waals surface area (Å²) >= 11 is 0. The van der Waals surface area contributed by atoms with Gasteiger partial charge in [-0.3, -0.25) is 9.69 Å². The average Bonchev–Trinajstić information content (AvgIpc) is 2.64. The predicted molar refractivity (Wildman–Crippen MR) is 101 cm³/mol. The van der Waals surface area contributed by atoms with Gasteiger partial charge in [-0.15, -0.1) is 6.42 Å². The van der Waals surface area contributed by atoms with E-state index in [1.165, 1.54) is 5.69 Å². The van der Waals surface area contributed by atoms with E-state index in [1.807, 2.05) is 12.1 Å². The zero-order valence-corrected chi connectivity index (χ0v) is 14.9. The van der Waals surface area contributed by atoms with E-state index in [-0.39, 0.29) is 11.8 Å². The normalized spacial score (nSPS) is 22.4. The van der Waals surface area contributed by atoms with Crippen molar-refractivity contribution in [2.45, 2.75) is 25.8 Å². The Labute approximate surface area is 150 Å². The van der Waals surface area contributed by atoms with Crippen LogP contribution in [0.1, 0.15) is 19.8 Å². The highest BCUT2D eigenvalue weighted by Crippen LogP contribution is 2.23. The number of rotatable bonds is 4. The molecule has 1 aromatic carbocycles. The Kier molecular flexibility index (Phi) is 5.95. The highest BCUT2D eigenvalue weighted by molar-refractivity contribution is 5.92. The van der Waals surface area contributed by atoms with Crippen LogP contribution in [0.2, 0.25) is 0 Å². The highest BCUT2D eigenvalue weighted by atomic mass is 16.5. The van der Waals surface area contributed by atoms with Gasteiger partial charge < -0.3 is 15.0 Å². The van der Waals surface area contributed by atoms with Crippen LogP contribution in [0.5, 0.6) is 0 Å². The van der Waals surface area contributed by atoms with Gasteiger partial charge in [0.25, 0.3) is 0 Å². The SMILES string of the molecule is C#CCN1CCC(C(=O)Nc2ccc(N3CCOC[C@H]3C)cc2)CC1. The van der Waals surface area contributed by atoms with Gasteiger partial charge in [0.05, 0.1) is 19.8 Å². The maximum atomic E-state index is 12.5. The summed E-state index contributed by atoms with van der Waals surface area (Å²) in [6.07, 6.45) is 7.09. The largest absolute Gasteiger partial charge is 0.377 e. The minimum atomic E-state index is 0.0768. The van der Waals surface area contributed by atoms with E-state index in [0.717, 1.165) is 51.4 Å². The number of nitrogens with zero attached hydrogens (tertiary/aromatic N) is 2. The van der Waals surface area contributed by atoms with Crippen LogP contribution >= 0.6 is 0 Å². The van der Waals surface area contributed by atoms with Crippen LogP contribution in [0.3, 0.4) is 0 Å².